The van der Waals surface area contributed by atoms with Crippen LogP contribution in [0.25, 0.3) is 0 Å². The first kappa shape index (κ1) is 17.3. The van der Waals surface area contributed by atoms with Gasteiger partial charge in [0.25, 0.3) is 10.2 Å². The molecule has 20 heavy (non-hydrogen) atoms. The van der Waals surface area contributed by atoms with Gasteiger partial charge in [-0.3, -0.25) is 4.79 Å². The maximum atomic E-state index is 12.0. The van der Waals surface area contributed by atoms with E-state index in [-0.39, 0.29) is 19.5 Å². The summed E-state index contributed by atoms with van der Waals surface area (Å²) >= 11 is 0. The molecule has 1 unspecified atom stereocenters. The van der Waals surface area contributed by atoms with Gasteiger partial charge >= 0.3 is 5.97 Å². The van der Waals surface area contributed by atoms with Crippen LogP contribution in [0.15, 0.2) is 0 Å². The number of carbonyl (C=O) groups is 1. The van der Waals surface area contributed by atoms with Crippen molar-refractivity contribution in [1.29, 1.82) is 0 Å². The summed E-state index contributed by atoms with van der Waals surface area (Å²) in [6.07, 6.45) is 0.643. The molecule has 0 amide bonds. The van der Waals surface area contributed by atoms with Crippen LogP contribution in [0.3, 0.4) is 0 Å². The predicted octanol–water partition coefficient (Wildman–Crippen LogP) is -0.879. The van der Waals surface area contributed by atoms with E-state index in [1.165, 1.54) is 21.3 Å². The second kappa shape index (κ2) is 7.32. The number of nitrogens with one attached hydrogen (secondary N) is 1. The number of nitrogens with zero attached hydrogens (tertiary/aromatic N) is 1. The maximum Gasteiger partial charge on any atom is 0.306 e. The first-order chi connectivity index (χ1) is 9.35. The SMILES string of the molecule is COC(=O)CCN(C)S(=O)(=O)NCC1(OC)CCOC1. The number of esters is 1. The smallest absolute Gasteiger partial charge is 0.306 e. The monoisotopic (exact) mass is 310 g/mol. The third kappa shape index (κ3) is 4.67. The summed E-state index contributed by atoms with van der Waals surface area (Å²) in [6, 6.07) is 0. The van der Waals surface area contributed by atoms with E-state index in [0.717, 1.165) is 4.31 Å². The van der Waals surface area contributed by atoms with Crippen molar-refractivity contribution >= 4 is 16.2 Å². The van der Waals surface area contributed by atoms with E-state index in [4.69, 9.17) is 9.47 Å². The third-order valence-corrected chi connectivity index (χ3v) is 4.86. The highest BCUT2D eigenvalue weighted by atomic mass is 32.2. The summed E-state index contributed by atoms with van der Waals surface area (Å²) in [7, 11) is 0.532. The Kier molecular flexibility index (Phi) is 6.34. The minimum Gasteiger partial charge on any atom is -0.469 e. The van der Waals surface area contributed by atoms with E-state index in [0.29, 0.717) is 19.6 Å². The van der Waals surface area contributed by atoms with E-state index < -0.39 is 21.8 Å². The second-order valence-electron chi connectivity index (χ2n) is 4.66. The average molecular weight is 310 g/mol. The molecule has 0 bridgehead atoms. The minimum absolute atomic E-state index is 0.00639. The molecule has 0 saturated carbocycles. The lowest BCUT2D eigenvalue weighted by molar-refractivity contribution is -0.140. The molecule has 0 aliphatic carbocycles. The van der Waals surface area contributed by atoms with Crippen molar-refractivity contribution < 1.29 is 27.4 Å². The Balaban J connectivity index is 2.49. The zero-order valence-corrected chi connectivity index (χ0v) is 12.9. The van der Waals surface area contributed by atoms with Crippen LogP contribution in [0.5, 0.6) is 0 Å². The lowest BCUT2D eigenvalue weighted by Crippen LogP contribution is -2.48. The maximum absolute atomic E-state index is 12.0. The summed E-state index contributed by atoms with van der Waals surface area (Å²) in [4.78, 5) is 11.0. The van der Waals surface area contributed by atoms with Crippen LogP contribution in [-0.2, 0) is 29.2 Å². The van der Waals surface area contributed by atoms with Crippen LogP contribution in [0.4, 0.5) is 0 Å². The van der Waals surface area contributed by atoms with Gasteiger partial charge in [-0.05, 0) is 0 Å². The van der Waals surface area contributed by atoms with Gasteiger partial charge in [0.2, 0.25) is 0 Å². The highest BCUT2D eigenvalue weighted by Gasteiger charge is 2.36. The lowest BCUT2D eigenvalue weighted by atomic mass is 10.0. The van der Waals surface area contributed by atoms with E-state index in [9.17, 15) is 13.2 Å². The van der Waals surface area contributed by atoms with Crippen LogP contribution >= 0.6 is 0 Å². The number of carbonyl (C=O) groups excluding carboxylic acids is 1. The Bertz CT molecular complexity index is 419. The van der Waals surface area contributed by atoms with Gasteiger partial charge in [0.05, 0.1) is 20.1 Å². The van der Waals surface area contributed by atoms with Gasteiger partial charge < -0.3 is 14.2 Å². The van der Waals surface area contributed by atoms with Crippen LogP contribution < -0.4 is 4.72 Å². The normalized spacial score (nSPS) is 23.2. The summed E-state index contributed by atoms with van der Waals surface area (Å²) in [6.45, 7) is 1.10. The first-order valence-electron chi connectivity index (χ1n) is 6.26. The quantitative estimate of drug-likeness (QED) is 0.585. The fourth-order valence-corrected chi connectivity index (χ4v) is 2.76. The Labute approximate surface area is 119 Å². The van der Waals surface area contributed by atoms with E-state index in [1.54, 1.807) is 0 Å². The van der Waals surface area contributed by atoms with Gasteiger partial charge in [-0.1, -0.05) is 0 Å². The molecule has 118 valence electrons. The number of rotatable bonds is 8. The Morgan fingerprint density at radius 1 is 1.45 bits per heavy atom. The summed E-state index contributed by atoms with van der Waals surface area (Å²) < 4.78 is 42.6. The zero-order valence-electron chi connectivity index (χ0n) is 12.0. The molecule has 1 fully saturated rings. The molecule has 1 rings (SSSR count). The predicted molar refractivity (Wildman–Crippen MR) is 71.4 cm³/mol. The summed E-state index contributed by atoms with van der Waals surface area (Å²) in [5.41, 5.74) is -0.615. The standard InChI is InChI=1S/C11H22N2O6S/c1-13(6-4-10(14)17-2)20(15,16)12-8-11(18-3)5-7-19-9-11/h12H,4-9H2,1-3H3. The largest absolute Gasteiger partial charge is 0.469 e. The van der Waals surface area contributed by atoms with Crippen molar-refractivity contribution in [3.8, 4) is 0 Å². The van der Waals surface area contributed by atoms with Crippen molar-refractivity contribution in [2.24, 2.45) is 0 Å². The molecule has 1 N–H and O–H groups in total. The van der Waals surface area contributed by atoms with Crippen LogP contribution in [0.1, 0.15) is 12.8 Å². The number of methoxy groups -OCH3 is 2. The van der Waals surface area contributed by atoms with Crippen LogP contribution in [0.2, 0.25) is 0 Å². The molecule has 9 heteroatoms. The average Bonchev–Trinajstić information content (AvgIpc) is 2.91. The summed E-state index contributed by atoms with van der Waals surface area (Å²) in [5, 5.41) is 0. The molecular weight excluding hydrogens is 288 g/mol. The second-order valence-corrected chi connectivity index (χ2v) is 6.53. The summed E-state index contributed by atoms with van der Waals surface area (Å²) in [5.74, 6) is -0.454. The van der Waals surface area contributed by atoms with E-state index >= 15 is 0 Å². The highest BCUT2D eigenvalue weighted by Crippen LogP contribution is 2.21. The molecular formula is C11H22N2O6S. The van der Waals surface area contributed by atoms with Gasteiger partial charge in [-0.2, -0.15) is 17.4 Å². The van der Waals surface area contributed by atoms with Crippen molar-refractivity contribution in [3.63, 3.8) is 0 Å². The minimum atomic E-state index is -3.66. The van der Waals surface area contributed by atoms with Gasteiger partial charge in [0.15, 0.2) is 0 Å². The Morgan fingerprint density at radius 2 is 2.15 bits per heavy atom. The van der Waals surface area contributed by atoms with E-state index in [1.807, 2.05) is 0 Å². The topological polar surface area (TPSA) is 94.2 Å². The zero-order chi connectivity index (χ0) is 15.2. The van der Waals surface area contributed by atoms with Gasteiger partial charge in [0.1, 0.15) is 5.60 Å². The number of hydrogen-bond acceptors (Lipinski definition) is 6. The lowest BCUT2D eigenvalue weighted by Gasteiger charge is -2.27. The first-order valence-corrected chi connectivity index (χ1v) is 7.70. The molecule has 8 nitrogen and oxygen atoms in total. The van der Waals surface area contributed by atoms with Crippen molar-refractivity contribution in [1.82, 2.24) is 9.03 Å². The van der Waals surface area contributed by atoms with Crippen molar-refractivity contribution in [2.45, 2.75) is 18.4 Å². The van der Waals surface area contributed by atoms with Gasteiger partial charge in [-0.25, -0.2) is 0 Å². The Hall–Kier alpha value is -0.740. The molecule has 0 spiro atoms. The Morgan fingerprint density at radius 3 is 2.65 bits per heavy atom. The molecule has 0 aromatic rings. The number of ether oxygens (including phenoxy) is 3. The molecule has 0 radical (unpaired) electrons. The molecule has 1 saturated heterocycles. The van der Waals surface area contributed by atoms with Crippen molar-refractivity contribution in [2.75, 3.05) is 47.6 Å². The highest BCUT2D eigenvalue weighted by molar-refractivity contribution is 7.87. The van der Waals surface area contributed by atoms with Gasteiger partial charge in [0, 0.05) is 40.3 Å². The molecule has 0 aromatic carbocycles. The third-order valence-electron chi connectivity index (χ3n) is 3.35. The fourth-order valence-electron chi connectivity index (χ4n) is 1.76. The molecule has 1 aliphatic heterocycles. The van der Waals surface area contributed by atoms with E-state index in [2.05, 4.69) is 9.46 Å². The van der Waals surface area contributed by atoms with Crippen molar-refractivity contribution in [3.05, 3.63) is 0 Å². The number of hydrogen-bond donors (Lipinski definition) is 1. The van der Waals surface area contributed by atoms with Crippen LogP contribution in [0, 0.1) is 0 Å². The molecule has 1 aliphatic rings. The molecule has 1 heterocycles. The van der Waals surface area contributed by atoms with Gasteiger partial charge in [-0.15, -0.1) is 0 Å². The molecule has 1 atom stereocenters. The molecule has 0 aromatic heterocycles. The fraction of sp³-hybridized carbons (Fsp3) is 0.909. The van der Waals surface area contributed by atoms with Crippen LogP contribution in [-0.4, -0.2) is 71.9 Å².